The van der Waals surface area contributed by atoms with Crippen LogP contribution in [0.4, 0.5) is 0 Å². The molecule has 3 aromatic rings. The van der Waals surface area contributed by atoms with E-state index < -0.39 is 0 Å². The summed E-state index contributed by atoms with van der Waals surface area (Å²) in [5.41, 5.74) is 7.39. The van der Waals surface area contributed by atoms with Crippen LogP contribution in [-0.4, -0.2) is 14.2 Å². The molecule has 0 fully saturated rings. The number of nitrogens with two attached hydrogens (primary N) is 1. The fraction of sp³-hybridized carbons (Fsp3) is 0.200. The highest BCUT2D eigenvalue weighted by atomic mass is 79.9. The second-order valence-corrected chi connectivity index (χ2v) is 7.34. The number of ether oxygens (including phenoxy) is 2. The summed E-state index contributed by atoms with van der Waals surface area (Å²) in [6.07, 6.45) is 0. The third-order valence-corrected chi connectivity index (χ3v) is 6.24. The maximum Gasteiger partial charge on any atom is 0.141 e. The van der Waals surface area contributed by atoms with Gasteiger partial charge < -0.3 is 15.2 Å². The van der Waals surface area contributed by atoms with Gasteiger partial charge in [0, 0.05) is 19.8 Å². The molecule has 1 atom stereocenters. The number of hydrogen-bond donors (Lipinski definition) is 1. The molecule has 2 heterocycles. The van der Waals surface area contributed by atoms with E-state index in [2.05, 4.69) is 33.4 Å². The lowest BCUT2D eigenvalue weighted by Gasteiger charge is -2.17. The predicted octanol–water partition coefficient (Wildman–Crippen LogP) is 4.79. The molecule has 0 amide bonds. The summed E-state index contributed by atoms with van der Waals surface area (Å²) in [5, 5.41) is 2.10. The van der Waals surface area contributed by atoms with Gasteiger partial charge in [0.1, 0.15) is 16.0 Å². The highest BCUT2D eigenvalue weighted by Gasteiger charge is 2.20. The largest absolute Gasteiger partial charge is 0.495 e. The first kappa shape index (κ1) is 14.8. The molecule has 1 unspecified atom stereocenters. The van der Waals surface area contributed by atoms with Crippen LogP contribution in [0.2, 0.25) is 0 Å². The van der Waals surface area contributed by atoms with Crippen LogP contribution in [0.15, 0.2) is 34.1 Å². The first-order chi connectivity index (χ1) is 10.2. The number of methoxy groups -OCH3 is 2. The normalized spacial score (nSPS) is 12.6. The molecule has 6 heteroatoms. The van der Waals surface area contributed by atoms with Gasteiger partial charge in [0.2, 0.25) is 0 Å². The van der Waals surface area contributed by atoms with E-state index in [1.54, 1.807) is 36.9 Å². The third kappa shape index (κ3) is 2.57. The molecule has 110 valence electrons. The quantitative estimate of drug-likeness (QED) is 0.704. The van der Waals surface area contributed by atoms with Crippen molar-refractivity contribution < 1.29 is 9.47 Å². The summed E-state index contributed by atoms with van der Waals surface area (Å²) in [7, 11) is 3.27. The summed E-state index contributed by atoms with van der Waals surface area (Å²) in [6, 6.07) is 7.93. The second kappa shape index (κ2) is 5.96. The van der Waals surface area contributed by atoms with Crippen LogP contribution in [0.3, 0.4) is 0 Å². The average molecular weight is 384 g/mol. The van der Waals surface area contributed by atoms with Gasteiger partial charge in [-0.05, 0) is 45.6 Å². The van der Waals surface area contributed by atoms with Gasteiger partial charge in [0.25, 0.3) is 0 Å². The first-order valence-electron chi connectivity index (χ1n) is 6.28. The van der Waals surface area contributed by atoms with Crippen molar-refractivity contribution in [1.82, 2.24) is 0 Å². The fourth-order valence-corrected chi connectivity index (χ4v) is 5.08. The summed E-state index contributed by atoms with van der Waals surface area (Å²) >= 11 is 6.98. The maximum atomic E-state index is 6.45. The van der Waals surface area contributed by atoms with E-state index in [9.17, 15) is 0 Å². The predicted molar refractivity (Wildman–Crippen MR) is 93.0 cm³/mol. The van der Waals surface area contributed by atoms with Gasteiger partial charge in [-0.3, -0.25) is 0 Å². The number of benzene rings is 1. The number of halogens is 1. The fourth-order valence-electron chi connectivity index (χ4n) is 2.25. The van der Waals surface area contributed by atoms with Crippen molar-refractivity contribution in [1.29, 1.82) is 0 Å². The van der Waals surface area contributed by atoms with Crippen LogP contribution < -0.4 is 15.2 Å². The van der Waals surface area contributed by atoms with Gasteiger partial charge in [-0.25, -0.2) is 0 Å². The van der Waals surface area contributed by atoms with E-state index in [0.717, 1.165) is 26.4 Å². The van der Waals surface area contributed by atoms with E-state index in [1.165, 1.54) is 9.40 Å². The zero-order valence-electron chi connectivity index (χ0n) is 11.6. The molecule has 3 nitrogen and oxygen atoms in total. The minimum atomic E-state index is -0.216. The molecule has 21 heavy (non-hydrogen) atoms. The van der Waals surface area contributed by atoms with E-state index in [1.807, 2.05) is 12.1 Å². The molecule has 0 aliphatic heterocycles. The standard InChI is InChI=1S/C15H14BrNO2S2/c1-18-9-4-3-8(15(19-2)13(9)16)14(17)12-7-11-10(21-12)5-6-20-11/h3-7,14H,17H2,1-2H3. The zero-order valence-corrected chi connectivity index (χ0v) is 14.8. The van der Waals surface area contributed by atoms with Crippen LogP contribution in [-0.2, 0) is 0 Å². The number of thiophene rings is 2. The van der Waals surface area contributed by atoms with Crippen molar-refractivity contribution in [3.63, 3.8) is 0 Å². The van der Waals surface area contributed by atoms with Crippen molar-refractivity contribution in [2.75, 3.05) is 14.2 Å². The third-order valence-electron chi connectivity index (χ3n) is 3.32. The van der Waals surface area contributed by atoms with Gasteiger partial charge >= 0.3 is 0 Å². The molecule has 0 bridgehead atoms. The Hall–Kier alpha value is -1.08. The molecule has 0 saturated heterocycles. The van der Waals surface area contributed by atoms with Crippen LogP contribution in [0.25, 0.3) is 9.40 Å². The van der Waals surface area contributed by atoms with Crippen LogP contribution in [0.5, 0.6) is 11.5 Å². The molecule has 0 aliphatic carbocycles. The molecular formula is C15H14BrNO2S2. The van der Waals surface area contributed by atoms with Crippen molar-refractivity contribution >= 4 is 48.0 Å². The van der Waals surface area contributed by atoms with Crippen LogP contribution in [0, 0.1) is 0 Å². The van der Waals surface area contributed by atoms with Gasteiger partial charge in [0.15, 0.2) is 0 Å². The van der Waals surface area contributed by atoms with Gasteiger partial charge in [-0.2, -0.15) is 0 Å². The Morgan fingerprint density at radius 1 is 1.14 bits per heavy atom. The Balaban J connectivity index is 2.06. The number of rotatable bonds is 4. The van der Waals surface area contributed by atoms with E-state index in [0.29, 0.717) is 0 Å². The van der Waals surface area contributed by atoms with Crippen molar-refractivity contribution in [3.8, 4) is 11.5 Å². The lowest BCUT2D eigenvalue weighted by atomic mass is 10.0. The lowest BCUT2D eigenvalue weighted by molar-refractivity contribution is 0.385. The lowest BCUT2D eigenvalue weighted by Crippen LogP contribution is -2.12. The minimum absolute atomic E-state index is 0.216. The number of hydrogen-bond acceptors (Lipinski definition) is 5. The van der Waals surface area contributed by atoms with Crippen molar-refractivity contribution in [3.05, 3.63) is 44.6 Å². The van der Waals surface area contributed by atoms with E-state index in [-0.39, 0.29) is 6.04 Å². The monoisotopic (exact) mass is 383 g/mol. The maximum absolute atomic E-state index is 6.45. The molecule has 0 spiro atoms. The Bertz CT molecular complexity index is 753. The zero-order chi connectivity index (χ0) is 15.0. The van der Waals surface area contributed by atoms with Crippen LogP contribution in [0.1, 0.15) is 16.5 Å². The molecule has 1 aromatic carbocycles. The molecule has 2 N–H and O–H groups in total. The van der Waals surface area contributed by atoms with E-state index >= 15 is 0 Å². The van der Waals surface area contributed by atoms with Gasteiger partial charge in [-0.15, -0.1) is 22.7 Å². The molecule has 0 saturated carbocycles. The first-order valence-corrected chi connectivity index (χ1v) is 8.77. The topological polar surface area (TPSA) is 44.5 Å². The second-order valence-electron chi connectivity index (χ2n) is 4.48. The molecule has 0 aliphatic rings. The Morgan fingerprint density at radius 2 is 1.95 bits per heavy atom. The summed E-state index contributed by atoms with van der Waals surface area (Å²) in [5.74, 6) is 1.45. The highest BCUT2D eigenvalue weighted by molar-refractivity contribution is 9.10. The van der Waals surface area contributed by atoms with E-state index in [4.69, 9.17) is 15.2 Å². The molecule has 0 radical (unpaired) electrons. The Morgan fingerprint density at radius 3 is 2.62 bits per heavy atom. The Kier molecular flexibility index (Phi) is 4.21. The highest BCUT2D eigenvalue weighted by Crippen LogP contribution is 2.42. The smallest absolute Gasteiger partial charge is 0.141 e. The van der Waals surface area contributed by atoms with Gasteiger partial charge in [0.05, 0.1) is 20.3 Å². The minimum Gasteiger partial charge on any atom is -0.495 e. The van der Waals surface area contributed by atoms with Crippen LogP contribution >= 0.6 is 38.6 Å². The SMILES string of the molecule is COc1ccc(C(N)c2cc3sccc3s2)c(OC)c1Br. The van der Waals surface area contributed by atoms with Crippen molar-refractivity contribution in [2.24, 2.45) is 5.73 Å². The number of fused-ring (bicyclic) bond motifs is 1. The average Bonchev–Trinajstić information content (AvgIpc) is 3.07. The van der Waals surface area contributed by atoms with Crippen molar-refractivity contribution in [2.45, 2.75) is 6.04 Å². The van der Waals surface area contributed by atoms with Gasteiger partial charge in [-0.1, -0.05) is 0 Å². The summed E-state index contributed by atoms with van der Waals surface area (Å²) in [4.78, 5) is 1.13. The molecular weight excluding hydrogens is 370 g/mol. The Labute approximate surface area is 139 Å². The summed E-state index contributed by atoms with van der Waals surface area (Å²) < 4.78 is 14.2. The molecule has 2 aromatic heterocycles. The summed E-state index contributed by atoms with van der Waals surface area (Å²) in [6.45, 7) is 0. The molecule has 3 rings (SSSR count).